The minimum absolute atomic E-state index is 0.00559. The molecule has 0 fully saturated rings. The zero-order chi connectivity index (χ0) is 21.6. The highest BCUT2D eigenvalue weighted by Gasteiger charge is 2.18. The molecule has 9 heteroatoms. The van der Waals surface area contributed by atoms with Gasteiger partial charge in [-0.2, -0.15) is 5.26 Å². The molecule has 0 aliphatic rings. The zero-order valence-corrected chi connectivity index (χ0v) is 17.7. The first-order valence-electron chi connectivity index (χ1n) is 8.82. The number of pyridine rings is 2. The summed E-state index contributed by atoms with van der Waals surface area (Å²) in [5.41, 5.74) is 10.5. The lowest BCUT2D eigenvalue weighted by molar-refractivity contribution is 0.598. The third-order valence-electron chi connectivity index (χ3n) is 4.85. The Balaban J connectivity index is 2.03. The minimum atomic E-state index is -3.40. The van der Waals surface area contributed by atoms with Crippen molar-refractivity contribution in [3.05, 3.63) is 65.2 Å². The van der Waals surface area contributed by atoms with Gasteiger partial charge in [0.15, 0.2) is 14.9 Å². The van der Waals surface area contributed by atoms with E-state index < -0.39 is 9.84 Å². The molecule has 4 rings (SSSR count). The standard InChI is InChI=1S/C21H16ClN5O2S/c1-12-5-19-15(6-13(12)7-23)17(16-9-25-10-18(24)21(16)22)11-27(19)14-3-4-20(26-8-14)30(2,28)29/h3-6,8-11H,24H2,1-2H3. The van der Waals surface area contributed by atoms with Gasteiger partial charge in [0.05, 0.1) is 45.9 Å². The first-order valence-corrected chi connectivity index (χ1v) is 11.1. The van der Waals surface area contributed by atoms with Gasteiger partial charge in [-0.1, -0.05) is 11.6 Å². The number of aryl methyl sites for hydroxylation is 1. The van der Waals surface area contributed by atoms with Gasteiger partial charge in [0.25, 0.3) is 0 Å². The normalized spacial score (nSPS) is 11.5. The second-order valence-corrected chi connectivity index (χ2v) is 9.27. The lowest BCUT2D eigenvalue weighted by atomic mass is 10.0. The van der Waals surface area contributed by atoms with Gasteiger partial charge in [-0.05, 0) is 36.8 Å². The van der Waals surface area contributed by atoms with Crippen LogP contribution in [-0.4, -0.2) is 29.2 Å². The highest BCUT2D eigenvalue weighted by atomic mass is 35.5. The smallest absolute Gasteiger partial charge is 0.192 e. The number of benzene rings is 1. The molecule has 0 bridgehead atoms. The van der Waals surface area contributed by atoms with Crippen LogP contribution in [-0.2, 0) is 9.84 Å². The van der Waals surface area contributed by atoms with E-state index in [-0.39, 0.29) is 5.03 Å². The van der Waals surface area contributed by atoms with E-state index >= 15 is 0 Å². The summed E-state index contributed by atoms with van der Waals surface area (Å²) in [4.78, 5) is 8.23. The van der Waals surface area contributed by atoms with Crippen LogP contribution in [0.15, 0.2) is 54.1 Å². The Hall–Kier alpha value is -3.41. The summed E-state index contributed by atoms with van der Waals surface area (Å²) >= 11 is 6.44. The highest BCUT2D eigenvalue weighted by molar-refractivity contribution is 7.90. The molecular weight excluding hydrogens is 422 g/mol. The van der Waals surface area contributed by atoms with Crippen LogP contribution in [0.2, 0.25) is 5.02 Å². The SMILES string of the molecule is Cc1cc2c(cc1C#N)c(-c1cncc(N)c1Cl)cn2-c1ccc(S(C)(=O)=O)nc1. The molecule has 3 aromatic heterocycles. The van der Waals surface area contributed by atoms with E-state index in [0.29, 0.717) is 27.5 Å². The summed E-state index contributed by atoms with van der Waals surface area (Å²) in [5, 5.41) is 10.6. The average Bonchev–Trinajstić information content (AvgIpc) is 3.07. The molecule has 3 heterocycles. The molecule has 0 atom stereocenters. The van der Waals surface area contributed by atoms with Crippen LogP contribution in [0.1, 0.15) is 11.1 Å². The molecule has 2 N–H and O–H groups in total. The molecule has 0 spiro atoms. The molecule has 0 amide bonds. The Bertz CT molecular complexity index is 1450. The third kappa shape index (κ3) is 3.28. The topological polar surface area (TPSA) is 115 Å². The fourth-order valence-corrected chi connectivity index (χ4v) is 4.07. The minimum Gasteiger partial charge on any atom is -0.396 e. The molecule has 0 unspecified atom stereocenters. The van der Waals surface area contributed by atoms with Crippen LogP contribution in [0.4, 0.5) is 5.69 Å². The van der Waals surface area contributed by atoms with Gasteiger partial charge < -0.3 is 10.3 Å². The van der Waals surface area contributed by atoms with Crippen molar-refractivity contribution in [3.8, 4) is 22.9 Å². The van der Waals surface area contributed by atoms with Gasteiger partial charge in [0.2, 0.25) is 0 Å². The predicted octanol–water partition coefficient (Wildman–Crippen LogP) is 3.91. The molecule has 0 aliphatic carbocycles. The second-order valence-electron chi connectivity index (χ2n) is 6.93. The summed E-state index contributed by atoms with van der Waals surface area (Å²) in [6, 6.07) is 9.04. The summed E-state index contributed by atoms with van der Waals surface area (Å²) in [6.07, 6.45) is 7.55. The number of hydrogen-bond acceptors (Lipinski definition) is 6. The Kier molecular flexibility index (Phi) is 4.73. The van der Waals surface area contributed by atoms with Gasteiger partial charge >= 0.3 is 0 Å². The number of nitrogens with two attached hydrogens (primary N) is 1. The van der Waals surface area contributed by atoms with Crippen molar-refractivity contribution in [1.29, 1.82) is 5.26 Å². The molecule has 0 saturated heterocycles. The van der Waals surface area contributed by atoms with E-state index in [2.05, 4.69) is 16.0 Å². The monoisotopic (exact) mass is 437 g/mol. The maximum absolute atomic E-state index is 11.7. The number of halogens is 1. The summed E-state index contributed by atoms with van der Waals surface area (Å²) in [6.45, 7) is 1.86. The Morgan fingerprint density at radius 1 is 1.17 bits per heavy atom. The van der Waals surface area contributed by atoms with E-state index in [0.717, 1.165) is 28.3 Å². The van der Waals surface area contributed by atoms with E-state index in [9.17, 15) is 13.7 Å². The molecule has 4 aromatic rings. The number of nitrogens with zero attached hydrogens (tertiary/aromatic N) is 4. The van der Waals surface area contributed by atoms with Gasteiger partial charge in [0, 0.05) is 35.2 Å². The van der Waals surface area contributed by atoms with E-state index in [1.165, 1.54) is 18.5 Å². The molecule has 0 radical (unpaired) electrons. The number of hydrogen-bond donors (Lipinski definition) is 1. The number of rotatable bonds is 3. The summed E-state index contributed by atoms with van der Waals surface area (Å²) < 4.78 is 25.3. The van der Waals surface area contributed by atoms with Crippen molar-refractivity contribution in [2.75, 3.05) is 12.0 Å². The number of aromatic nitrogens is 3. The van der Waals surface area contributed by atoms with Gasteiger partial charge in [-0.25, -0.2) is 13.4 Å². The van der Waals surface area contributed by atoms with Crippen molar-refractivity contribution in [1.82, 2.24) is 14.5 Å². The first-order chi connectivity index (χ1) is 14.2. The fourth-order valence-electron chi connectivity index (χ4n) is 3.31. The fraction of sp³-hybridized carbons (Fsp3) is 0.0952. The lowest BCUT2D eigenvalue weighted by Crippen LogP contribution is -2.01. The number of nitriles is 1. The highest BCUT2D eigenvalue weighted by Crippen LogP contribution is 2.38. The number of fused-ring (bicyclic) bond motifs is 1. The van der Waals surface area contributed by atoms with Gasteiger partial charge in [-0.15, -0.1) is 0 Å². The Morgan fingerprint density at radius 3 is 2.57 bits per heavy atom. The third-order valence-corrected chi connectivity index (χ3v) is 6.27. The molecule has 30 heavy (non-hydrogen) atoms. The van der Waals surface area contributed by atoms with Crippen molar-refractivity contribution >= 4 is 38.0 Å². The molecular formula is C21H16ClN5O2S. The van der Waals surface area contributed by atoms with Gasteiger partial charge in [0.1, 0.15) is 0 Å². The van der Waals surface area contributed by atoms with Crippen LogP contribution in [0.5, 0.6) is 0 Å². The number of nitrogen functional groups attached to an aromatic ring is 1. The zero-order valence-electron chi connectivity index (χ0n) is 16.1. The quantitative estimate of drug-likeness (QED) is 0.519. The first kappa shape index (κ1) is 19.9. The maximum atomic E-state index is 11.7. The number of anilines is 1. The second kappa shape index (κ2) is 7.13. The summed E-state index contributed by atoms with van der Waals surface area (Å²) in [5.74, 6) is 0. The predicted molar refractivity (Wildman–Crippen MR) is 116 cm³/mol. The Morgan fingerprint density at radius 2 is 1.93 bits per heavy atom. The number of sulfone groups is 1. The molecule has 7 nitrogen and oxygen atoms in total. The van der Waals surface area contributed by atoms with Crippen molar-refractivity contribution in [3.63, 3.8) is 0 Å². The van der Waals surface area contributed by atoms with E-state index in [4.69, 9.17) is 17.3 Å². The largest absolute Gasteiger partial charge is 0.396 e. The van der Waals surface area contributed by atoms with Crippen LogP contribution in [0, 0.1) is 18.3 Å². The average molecular weight is 438 g/mol. The van der Waals surface area contributed by atoms with E-state index in [1.54, 1.807) is 18.3 Å². The van der Waals surface area contributed by atoms with E-state index in [1.807, 2.05) is 23.8 Å². The molecule has 1 aromatic carbocycles. The Labute approximate surface area is 178 Å². The molecule has 150 valence electrons. The van der Waals surface area contributed by atoms with Crippen molar-refractivity contribution in [2.45, 2.75) is 11.9 Å². The van der Waals surface area contributed by atoms with Crippen molar-refractivity contribution in [2.24, 2.45) is 0 Å². The van der Waals surface area contributed by atoms with Crippen LogP contribution < -0.4 is 5.73 Å². The maximum Gasteiger partial charge on any atom is 0.192 e. The van der Waals surface area contributed by atoms with Crippen LogP contribution in [0.25, 0.3) is 27.7 Å². The van der Waals surface area contributed by atoms with Gasteiger partial charge in [-0.3, -0.25) is 4.98 Å². The van der Waals surface area contributed by atoms with Crippen LogP contribution in [0.3, 0.4) is 0 Å². The van der Waals surface area contributed by atoms with Crippen LogP contribution >= 0.6 is 11.6 Å². The van der Waals surface area contributed by atoms with Crippen molar-refractivity contribution < 1.29 is 8.42 Å². The summed E-state index contributed by atoms with van der Waals surface area (Å²) in [7, 11) is -3.40. The molecule has 0 saturated carbocycles. The molecule has 0 aliphatic heterocycles. The lowest BCUT2D eigenvalue weighted by Gasteiger charge is -2.07.